The van der Waals surface area contributed by atoms with Gasteiger partial charge in [0.2, 0.25) is 0 Å². The zero-order valence-electron chi connectivity index (χ0n) is 5.67. The molecule has 1 aromatic rings. The lowest BCUT2D eigenvalue weighted by atomic mass is 10.5. The van der Waals surface area contributed by atoms with Crippen LogP contribution in [0.2, 0.25) is 0 Å². The Labute approximate surface area is 64.5 Å². The topological polar surface area (TPSA) is 25.5 Å². The molecule has 2 nitrogen and oxygen atoms in total. The van der Waals surface area contributed by atoms with E-state index in [1.165, 1.54) is 0 Å². The molecule has 1 aromatic heterocycles. The molecule has 0 fully saturated rings. The van der Waals surface area contributed by atoms with Gasteiger partial charge in [-0.25, -0.2) is 0 Å². The van der Waals surface area contributed by atoms with E-state index in [9.17, 15) is 0 Å². The van der Waals surface area contributed by atoms with Crippen molar-refractivity contribution in [2.75, 3.05) is 6.54 Å². The zero-order valence-corrected chi connectivity index (χ0v) is 6.43. The molecule has 0 atom stereocenters. The smallest absolute Gasteiger partial charge is 0.166 e. The molecule has 0 bridgehead atoms. The second-order valence-electron chi connectivity index (χ2n) is 1.74. The first kappa shape index (κ1) is 7.35. The first-order valence-corrected chi connectivity index (χ1v) is 3.46. The van der Waals surface area contributed by atoms with Crippen LogP contribution in [0.5, 0.6) is 0 Å². The predicted octanol–water partition coefficient (Wildman–Crippen LogP) is 2.28. The molecule has 0 aromatic carbocycles. The minimum absolute atomic E-state index is 0.438. The van der Waals surface area contributed by atoms with Crippen LogP contribution in [0.3, 0.4) is 0 Å². The fourth-order valence-corrected chi connectivity index (χ4v) is 0.840. The van der Waals surface area contributed by atoms with Crippen molar-refractivity contribution in [2.45, 2.75) is 6.92 Å². The van der Waals surface area contributed by atoms with Gasteiger partial charge in [0.1, 0.15) is 0 Å². The third-order valence-corrected chi connectivity index (χ3v) is 1.33. The van der Waals surface area contributed by atoms with Crippen molar-refractivity contribution in [3.05, 3.63) is 24.2 Å². The summed E-state index contributed by atoms with van der Waals surface area (Å²) >= 11 is 5.70. The van der Waals surface area contributed by atoms with Gasteiger partial charge in [0.25, 0.3) is 0 Å². The molecule has 0 aliphatic heterocycles. The van der Waals surface area contributed by atoms with E-state index in [1.807, 2.05) is 6.92 Å². The van der Waals surface area contributed by atoms with Crippen molar-refractivity contribution < 1.29 is 4.42 Å². The molecule has 0 N–H and O–H groups in total. The normalized spacial score (nSPS) is 12.0. The SMILES string of the molecule is CCN=C(Cl)c1ccco1. The van der Waals surface area contributed by atoms with Crippen molar-refractivity contribution in [2.24, 2.45) is 4.99 Å². The van der Waals surface area contributed by atoms with Crippen molar-refractivity contribution >= 4 is 16.8 Å². The first-order valence-electron chi connectivity index (χ1n) is 3.08. The molecule has 0 radical (unpaired) electrons. The van der Waals surface area contributed by atoms with Crippen LogP contribution in [0.4, 0.5) is 0 Å². The number of aliphatic imine (C=N–C) groups is 1. The number of furan rings is 1. The zero-order chi connectivity index (χ0) is 7.40. The Morgan fingerprint density at radius 3 is 3.10 bits per heavy atom. The number of hydrogen-bond donors (Lipinski definition) is 0. The number of hydrogen-bond acceptors (Lipinski definition) is 2. The highest BCUT2D eigenvalue weighted by atomic mass is 35.5. The summed E-state index contributed by atoms with van der Waals surface area (Å²) in [6.07, 6.45) is 1.57. The van der Waals surface area contributed by atoms with E-state index >= 15 is 0 Å². The third-order valence-electron chi connectivity index (χ3n) is 1.02. The maximum absolute atomic E-state index is 5.70. The minimum atomic E-state index is 0.438. The van der Waals surface area contributed by atoms with Gasteiger partial charge in [0.05, 0.1) is 6.26 Å². The maximum Gasteiger partial charge on any atom is 0.166 e. The average molecular weight is 158 g/mol. The Balaban J connectivity index is 2.77. The Hall–Kier alpha value is -0.760. The fraction of sp³-hybridized carbons (Fsp3) is 0.286. The van der Waals surface area contributed by atoms with E-state index in [0.29, 0.717) is 17.5 Å². The van der Waals surface area contributed by atoms with Crippen LogP contribution < -0.4 is 0 Å². The van der Waals surface area contributed by atoms with E-state index < -0.39 is 0 Å². The quantitative estimate of drug-likeness (QED) is 0.605. The molecule has 1 heterocycles. The molecule has 54 valence electrons. The summed E-state index contributed by atoms with van der Waals surface area (Å²) in [5.74, 6) is 0.628. The Bertz CT molecular complexity index is 216. The molecule has 0 aliphatic rings. The van der Waals surface area contributed by atoms with Crippen LogP contribution >= 0.6 is 11.6 Å². The highest BCUT2D eigenvalue weighted by Crippen LogP contribution is 2.05. The van der Waals surface area contributed by atoms with Gasteiger partial charge in [-0.2, -0.15) is 0 Å². The van der Waals surface area contributed by atoms with Gasteiger partial charge in [0, 0.05) is 6.54 Å². The summed E-state index contributed by atoms with van der Waals surface area (Å²) in [6.45, 7) is 2.60. The highest BCUT2D eigenvalue weighted by Gasteiger charge is 1.99. The third kappa shape index (κ3) is 1.61. The maximum atomic E-state index is 5.70. The van der Waals surface area contributed by atoms with Gasteiger partial charge in [-0.1, -0.05) is 11.6 Å². The predicted molar refractivity (Wildman–Crippen MR) is 41.6 cm³/mol. The van der Waals surface area contributed by atoms with Gasteiger partial charge in [0.15, 0.2) is 10.9 Å². The first-order chi connectivity index (χ1) is 4.84. The Morgan fingerprint density at radius 2 is 2.60 bits per heavy atom. The van der Waals surface area contributed by atoms with E-state index in [-0.39, 0.29) is 0 Å². The summed E-state index contributed by atoms with van der Waals surface area (Å²) in [6, 6.07) is 3.56. The summed E-state index contributed by atoms with van der Waals surface area (Å²) in [5.41, 5.74) is 0. The number of halogens is 1. The second-order valence-corrected chi connectivity index (χ2v) is 2.10. The highest BCUT2D eigenvalue weighted by molar-refractivity contribution is 6.69. The molecular formula is C7H8ClNO. The van der Waals surface area contributed by atoms with Crippen LogP contribution in [0.25, 0.3) is 0 Å². The summed E-state index contributed by atoms with van der Waals surface area (Å²) in [7, 11) is 0. The van der Waals surface area contributed by atoms with Crippen LogP contribution in [0.15, 0.2) is 27.8 Å². The molecule has 0 unspecified atom stereocenters. The lowest BCUT2D eigenvalue weighted by Gasteiger charge is -1.88. The monoisotopic (exact) mass is 157 g/mol. The molecule has 3 heteroatoms. The van der Waals surface area contributed by atoms with E-state index in [0.717, 1.165) is 0 Å². The molecule has 10 heavy (non-hydrogen) atoms. The van der Waals surface area contributed by atoms with Crippen molar-refractivity contribution in [1.82, 2.24) is 0 Å². The summed E-state index contributed by atoms with van der Waals surface area (Å²) in [4.78, 5) is 3.96. The van der Waals surface area contributed by atoms with E-state index in [2.05, 4.69) is 4.99 Å². The van der Waals surface area contributed by atoms with Gasteiger partial charge in [-0.3, -0.25) is 4.99 Å². The van der Waals surface area contributed by atoms with Crippen molar-refractivity contribution in [3.63, 3.8) is 0 Å². The van der Waals surface area contributed by atoms with E-state index in [1.54, 1.807) is 18.4 Å². The minimum Gasteiger partial charge on any atom is -0.462 e. The van der Waals surface area contributed by atoms with Crippen LogP contribution in [-0.2, 0) is 0 Å². The molecule has 0 amide bonds. The van der Waals surface area contributed by atoms with E-state index in [4.69, 9.17) is 16.0 Å². The molecular weight excluding hydrogens is 150 g/mol. The van der Waals surface area contributed by atoms with Crippen LogP contribution in [-0.4, -0.2) is 11.7 Å². The molecule has 0 spiro atoms. The Morgan fingerprint density at radius 1 is 1.80 bits per heavy atom. The molecule has 0 aliphatic carbocycles. The second kappa shape index (κ2) is 3.42. The Kier molecular flexibility index (Phi) is 2.51. The van der Waals surface area contributed by atoms with Crippen molar-refractivity contribution in [1.29, 1.82) is 0 Å². The summed E-state index contributed by atoms with van der Waals surface area (Å²) in [5, 5.41) is 0.438. The number of rotatable bonds is 2. The summed E-state index contributed by atoms with van der Waals surface area (Å²) < 4.78 is 4.99. The fourth-order valence-electron chi connectivity index (χ4n) is 0.613. The van der Waals surface area contributed by atoms with Gasteiger partial charge in [-0.15, -0.1) is 0 Å². The van der Waals surface area contributed by atoms with Gasteiger partial charge in [-0.05, 0) is 19.1 Å². The largest absolute Gasteiger partial charge is 0.462 e. The van der Waals surface area contributed by atoms with Crippen LogP contribution in [0.1, 0.15) is 12.7 Å². The molecule has 0 saturated heterocycles. The van der Waals surface area contributed by atoms with Crippen molar-refractivity contribution in [3.8, 4) is 0 Å². The average Bonchev–Trinajstić information content (AvgIpc) is 2.38. The number of nitrogens with zero attached hydrogens (tertiary/aromatic N) is 1. The lowest BCUT2D eigenvalue weighted by molar-refractivity contribution is 0.559. The molecule has 1 rings (SSSR count). The van der Waals surface area contributed by atoms with Gasteiger partial charge >= 0.3 is 0 Å². The standard InChI is InChI=1S/C7H8ClNO/c1-2-9-7(8)6-4-3-5-10-6/h3-5H,2H2,1H3. The lowest BCUT2D eigenvalue weighted by Crippen LogP contribution is -1.87. The van der Waals surface area contributed by atoms with Crippen LogP contribution in [0, 0.1) is 0 Å². The molecule has 0 saturated carbocycles. The van der Waals surface area contributed by atoms with Gasteiger partial charge < -0.3 is 4.42 Å².